The second-order valence-corrected chi connectivity index (χ2v) is 4.98. The number of hydrogen-bond donors (Lipinski definition) is 0. The Labute approximate surface area is 114 Å². The first-order valence-electron chi connectivity index (χ1n) is 6.69. The van der Waals surface area contributed by atoms with Crippen molar-refractivity contribution in [3.8, 4) is 0 Å². The lowest BCUT2D eigenvalue weighted by Gasteiger charge is -2.28. The van der Waals surface area contributed by atoms with E-state index in [9.17, 15) is 9.59 Å². The van der Waals surface area contributed by atoms with Crippen LogP contribution in [-0.4, -0.2) is 42.3 Å². The van der Waals surface area contributed by atoms with Crippen LogP contribution in [0.5, 0.6) is 0 Å². The molecule has 0 unspecified atom stereocenters. The minimum Gasteiger partial charge on any atom is -0.467 e. The number of carbonyl (C=O) groups excluding carboxylic acids is 2. The van der Waals surface area contributed by atoms with Crippen LogP contribution in [0, 0.1) is 0 Å². The summed E-state index contributed by atoms with van der Waals surface area (Å²) in [7, 11) is 1.34. The Bertz CT molecular complexity index is 340. The van der Waals surface area contributed by atoms with Gasteiger partial charge in [0.2, 0.25) is 0 Å². The third-order valence-electron chi connectivity index (χ3n) is 3.23. The van der Waals surface area contributed by atoms with Gasteiger partial charge in [-0.25, -0.2) is 9.59 Å². The van der Waals surface area contributed by atoms with E-state index in [2.05, 4.69) is 6.58 Å². The van der Waals surface area contributed by atoms with E-state index in [4.69, 9.17) is 9.47 Å². The van der Waals surface area contributed by atoms with E-state index in [0.717, 1.165) is 19.3 Å². The van der Waals surface area contributed by atoms with Gasteiger partial charge >= 0.3 is 12.1 Å². The van der Waals surface area contributed by atoms with Crippen molar-refractivity contribution >= 4 is 12.1 Å². The van der Waals surface area contributed by atoms with Crippen molar-refractivity contribution in [2.45, 2.75) is 57.7 Å². The molecule has 19 heavy (non-hydrogen) atoms. The third-order valence-corrected chi connectivity index (χ3v) is 3.23. The molecule has 2 atom stereocenters. The van der Waals surface area contributed by atoms with E-state index in [0.29, 0.717) is 6.42 Å². The van der Waals surface area contributed by atoms with Crippen molar-refractivity contribution in [1.29, 1.82) is 0 Å². The lowest BCUT2D eigenvalue weighted by Crippen LogP contribution is -2.46. The molecule has 1 heterocycles. The minimum atomic E-state index is -0.522. The largest absolute Gasteiger partial charge is 0.467 e. The molecule has 0 bridgehead atoms. The molecule has 5 heteroatoms. The first kappa shape index (κ1) is 15.5. The fourth-order valence-electron chi connectivity index (χ4n) is 2.38. The smallest absolute Gasteiger partial charge is 0.411 e. The summed E-state index contributed by atoms with van der Waals surface area (Å²) >= 11 is 0. The molecule has 0 saturated carbocycles. The average Bonchev–Trinajstić information content (AvgIpc) is 2.78. The molecule has 0 spiro atoms. The van der Waals surface area contributed by atoms with Crippen molar-refractivity contribution in [2.24, 2.45) is 0 Å². The Hall–Kier alpha value is -1.52. The molecular formula is C14H23NO4. The molecule has 0 aromatic heterocycles. The van der Waals surface area contributed by atoms with Gasteiger partial charge in [0, 0.05) is 6.04 Å². The van der Waals surface area contributed by atoms with Crippen molar-refractivity contribution < 1.29 is 19.1 Å². The van der Waals surface area contributed by atoms with Gasteiger partial charge in [-0.05, 0) is 39.5 Å². The van der Waals surface area contributed by atoms with Crippen LogP contribution in [0.3, 0.4) is 0 Å². The second-order valence-electron chi connectivity index (χ2n) is 4.98. The lowest BCUT2D eigenvalue weighted by atomic mass is 10.1. The second kappa shape index (κ2) is 7.16. The van der Waals surface area contributed by atoms with Crippen molar-refractivity contribution in [3.05, 3.63) is 12.7 Å². The Morgan fingerprint density at radius 2 is 2.11 bits per heavy atom. The van der Waals surface area contributed by atoms with Crippen LogP contribution in [0.1, 0.15) is 39.5 Å². The molecular weight excluding hydrogens is 246 g/mol. The SMILES string of the molecule is C=CCC[C@H]1CC[C@@H](C(=O)OC)N1C(=O)OC(C)C. The molecule has 5 nitrogen and oxygen atoms in total. The molecule has 108 valence electrons. The third kappa shape index (κ3) is 3.98. The number of esters is 1. The topological polar surface area (TPSA) is 55.8 Å². The molecule has 1 aliphatic rings. The summed E-state index contributed by atoms with van der Waals surface area (Å²) in [6.45, 7) is 7.27. The highest BCUT2D eigenvalue weighted by Crippen LogP contribution is 2.29. The van der Waals surface area contributed by atoms with Crippen LogP contribution in [0.15, 0.2) is 12.7 Å². The molecule has 1 rings (SSSR count). The lowest BCUT2D eigenvalue weighted by molar-refractivity contribution is -0.145. The number of amides is 1. The van der Waals surface area contributed by atoms with E-state index in [1.54, 1.807) is 13.8 Å². The van der Waals surface area contributed by atoms with Crippen LogP contribution in [0.2, 0.25) is 0 Å². The zero-order valence-electron chi connectivity index (χ0n) is 11.9. The molecule has 0 aromatic rings. The summed E-state index contributed by atoms with van der Waals surface area (Å²) in [5.74, 6) is -0.373. The van der Waals surface area contributed by atoms with Gasteiger partial charge < -0.3 is 9.47 Å². The van der Waals surface area contributed by atoms with Crippen molar-refractivity contribution in [2.75, 3.05) is 7.11 Å². The van der Waals surface area contributed by atoms with Gasteiger partial charge in [0.25, 0.3) is 0 Å². The number of allylic oxidation sites excluding steroid dienone is 1. The van der Waals surface area contributed by atoms with Crippen LogP contribution in [0.4, 0.5) is 4.79 Å². The van der Waals surface area contributed by atoms with Gasteiger partial charge in [0.05, 0.1) is 13.2 Å². The highest BCUT2D eigenvalue weighted by molar-refractivity contribution is 5.82. The normalized spacial score (nSPS) is 22.4. The van der Waals surface area contributed by atoms with Crippen LogP contribution in [-0.2, 0) is 14.3 Å². The Morgan fingerprint density at radius 3 is 2.63 bits per heavy atom. The standard InChI is InChI=1S/C14H23NO4/c1-5-6-7-11-8-9-12(13(16)18-4)15(11)14(17)19-10(2)3/h5,10-12H,1,6-9H2,2-4H3/t11-,12-/m0/s1. The van der Waals surface area contributed by atoms with E-state index in [1.807, 2.05) is 6.08 Å². The fourth-order valence-corrected chi connectivity index (χ4v) is 2.38. The average molecular weight is 269 g/mol. The quantitative estimate of drug-likeness (QED) is 0.568. The number of rotatable bonds is 5. The molecule has 0 aromatic carbocycles. The van der Waals surface area contributed by atoms with Gasteiger partial charge in [0.15, 0.2) is 0 Å². The number of ether oxygens (including phenoxy) is 2. The number of hydrogen-bond acceptors (Lipinski definition) is 4. The van der Waals surface area contributed by atoms with Gasteiger partial charge in [0.1, 0.15) is 6.04 Å². The number of methoxy groups -OCH3 is 1. The molecule has 0 N–H and O–H groups in total. The zero-order chi connectivity index (χ0) is 14.4. The summed E-state index contributed by atoms with van der Waals surface area (Å²) in [4.78, 5) is 25.4. The Kier molecular flexibility index (Phi) is 5.86. The maximum absolute atomic E-state index is 12.1. The number of nitrogens with zero attached hydrogens (tertiary/aromatic N) is 1. The summed E-state index contributed by atoms with van der Waals surface area (Å²) in [5, 5.41) is 0. The first-order chi connectivity index (χ1) is 9.01. The van der Waals surface area contributed by atoms with Gasteiger partial charge in [-0.3, -0.25) is 4.90 Å². The van der Waals surface area contributed by atoms with Gasteiger partial charge in [-0.2, -0.15) is 0 Å². The predicted octanol–water partition coefficient (Wildman–Crippen LogP) is 2.50. The van der Waals surface area contributed by atoms with Crippen LogP contribution >= 0.6 is 0 Å². The molecule has 1 fully saturated rings. The summed E-state index contributed by atoms with van der Waals surface area (Å²) < 4.78 is 9.99. The van der Waals surface area contributed by atoms with Gasteiger partial charge in [-0.1, -0.05) is 6.08 Å². The van der Waals surface area contributed by atoms with E-state index >= 15 is 0 Å². The van der Waals surface area contributed by atoms with Crippen LogP contribution < -0.4 is 0 Å². The Morgan fingerprint density at radius 1 is 1.42 bits per heavy atom. The highest BCUT2D eigenvalue weighted by atomic mass is 16.6. The summed E-state index contributed by atoms with van der Waals surface area (Å²) in [5.41, 5.74) is 0. The maximum atomic E-state index is 12.1. The maximum Gasteiger partial charge on any atom is 0.411 e. The monoisotopic (exact) mass is 269 g/mol. The van der Waals surface area contributed by atoms with Crippen LogP contribution in [0.25, 0.3) is 0 Å². The number of carbonyl (C=O) groups is 2. The summed E-state index contributed by atoms with van der Waals surface area (Å²) in [6, 6.07) is -0.501. The fraction of sp³-hybridized carbons (Fsp3) is 0.714. The minimum absolute atomic E-state index is 0.0216. The molecule has 0 radical (unpaired) electrons. The van der Waals surface area contributed by atoms with Crippen molar-refractivity contribution in [1.82, 2.24) is 4.90 Å². The van der Waals surface area contributed by atoms with E-state index in [1.165, 1.54) is 12.0 Å². The summed E-state index contributed by atoms with van der Waals surface area (Å²) in [6.07, 6.45) is 4.21. The van der Waals surface area contributed by atoms with E-state index < -0.39 is 12.1 Å². The Balaban J connectivity index is 2.80. The molecule has 1 saturated heterocycles. The highest BCUT2D eigenvalue weighted by Gasteiger charge is 2.42. The predicted molar refractivity (Wildman–Crippen MR) is 71.7 cm³/mol. The van der Waals surface area contributed by atoms with Gasteiger partial charge in [-0.15, -0.1) is 6.58 Å². The first-order valence-corrected chi connectivity index (χ1v) is 6.69. The zero-order valence-corrected chi connectivity index (χ0v) is 11.9. The number of likely N-dealkylation sites (tertiary alicyclic amines) is 1. The molecule has 0 aliphatic carbocycles. The van der Waals surface area contributed by atoms with E-state index in [-0.39, 0.29) is 18.1 Å². The van der Waals surface area contributed by atoms with Crippen molar-refractivity contribution in [3.63, 3.8) is 0 Å². The molecule has 1 amide bonds. The molecule has 1 aliphatic heterocycles.